The summed E-state index contributed by atoms with van der Waals surface area (Å²) in [6.45, 7) is 6.17. The van der Waals surface area contributed by atoms with Gasteiger partial charge in [0.25, 0.3) is 0 Å². The van der Waals surface area contributed by atoms with Crippen molar-refractivity contribution >= 4 is 9.84 Å². The van der Waals surface area contributed by atoms with Gasteiger partial charge in [-0.15, -0.1) is 0 Å². The van der Waals surface area contributed by atoms with Gasteiger partial charge in [0, 0.05) is 23.4 Å². The second kappa shape index (κ2) is 8.12. The van der Waals surface area contributed by atoms with Crippen molar-refractivity contribution in [1.82, 2.24) is 15.0 Å². The quantitative estimate of drug-likeness (QED) is 0.444. The maximum atomic E-state index is 12.0. The predicted molar refractivity (Wildman–Crippen MR) is 125 cm³/mol. The Hall–Kier alpha value is -3.25. The summed E-state index contributed by atoms with van der Waals surface area (Å²) in [6.07, 6.45) is 1.22. The third-order valence-corrected chi connectivity index (χ3v) is 6.26. The minimum Gasteiger partial charge on any atom is -0.340 e. The molecule has 0 fully saturated rings. The molecule has 0 unspecified atom stereocenters. The molecule has 0 aliphatic rings. The number of hydrogen-bond donors (Lipinski definition) is 1. The first-order chi connectivity index (χ1) is 14.7. The smallest absolute Gasteiger partial charge is 0.175 e. The Morgan fingerprint density at radius 3 is 2.16 bits per heavy atom. The van der Waals surface area contributed by atoms with E-state index in [2.05, 4.69) is 23.8 Å². The van der Waals surface area contributed by atoms with Crippen LogP contribution in [0.3, 0.4) is 0 Å². The lowest BCUT2D eigenvalue weighted by Crippen LogP contribution is -1.96. The van der Waals surface area contributed by atoms with Crippen molar-refractivity contribution in [2.45, 2.75) is 31.6 Å². The third kappa shape index (κ3) is 4.44. The average Bonchev–Trinajstić information content (AvgIpc) is 3.19. The van der Waals surface area contributed by atoms with Gasteiger partial charge in [-0.2, -0.15) is 0 Å². The van der Waals surface area contributed by atoms with Crippen molar-refractivity contribution in [3.8, 4) is 33.8 Å². The number of hydrogen-bond acceptors (Lipinski definition) is 4. The van der Waals surface area contributed by atoms with E-state index in [0.29, 0.717) is 4.90 Å². The standard InChI is InChI=1S/C25H25N3O2S/c1-16(2)25-27-23(24(28-25)22-13-5-8-17(3)26-22)20-11-6-9-18(14-20)19-10-7-12-21(15-19)31(4,29)30/h5-16H,1-4H3,(H,27,28). The van der Waals surface area contributed by atoms with Gasteiger partial charge in [-0.1, -0.05) is 50.2 Å². The van der Waals surface area contributed by atoms with Crippen LogP contribution in [0.25, 0.3) is 33.8 Å². The van der Waals surface area contributed by atoms with Crippen molar-refractivity contribution < 1.29 is 8.42 Å². The van der Waals surface area contributed by atoms with E-state index in [1.165, 1.54) is 6.26 Å². The molecule has 0 spiro atoms. The first-order valence-electron chi connectivity index (χ1n) is 10.2. The molecule has 4 rings (SSSR count). The first-order valence-corrected chi connectivity index (χ1v) is 12.1. The number of nitrogens with one attached hydrogen (secondary N) is 1. The normalized spacial score (nSPS) is 11.8. The van der Waals surface area contributed by atoms with Crippen molar-refractivity contribution in [3.63, 3.8) is 0 Å². The molecular formula is C25H25N3O2S. The molecule has 0 radical (unpaired) electrons. The molecule has 0 aliphatic carbocycles. The van der Waals surface area contributed by atoms with Crippen molar-refractivity contribution in [2.24, 2.45) is 0 Å². The summed E-state index contributed by atoms with van der Waals surface area (Å²) in [4.78, 5) is 13.3. The number of aromatic amines is 1. The van der Waals surface area contributed by atoms with Gasteiger partial charge in [0.05, 0.1) is 22.0 Å². The summed E-state index contributed by atoms with van der Waals surface area (Å²) in [5, 5.41) is 0. The molecule has 2 aromatic carbocycles. The fourth-order valence-corrected chi connectivity index (χ4v) is 4.16. The van der Waals surface area contributed by atoms with Crippen LogP contribution in [0.15, 0.2) is 71.6 Å². The molecule has 2 aromatic heterocycles. The number of rotatable bonds is 5. The number of aryl methyl sites for hydroxylation is 1. The number of sulfone groups is 1. The highest BCUT2D eigenvalue weighted by molar-refractivity contribution is 7.90. The highest BCUT2D eigenvalue weighted by atomic mass is 32.2. The van der Waals surface area contributed by atoms with Crippen LogP contribution in [0.4, 0.5) is 0 Å². The van der Waals surface area contributed by atoms with Crippen LogP contribution in [0.1, 0.15) is 31.3 Å². The number of benzene rings is 2. The largest absolute Gasteiger partial charge is 0.340 e. The van der Waals surface area contributed by atoms with Crippen LogP contribution in [-0.4, -0.2) is 29.6 Å². The van der Waals surface area contributed by atoms with Gasteiger partial charge in [0.1, 0.15) is 5.82 Å². The van der Waals surface area contributed by atoms with Crippen LogP contribution in [0, 0.1) is 6.92 Å². The topological polar surface area (TPSA) is 75.7 Å². The van der Waals surface area contributed by atoms with Gasteiger partial charge >= 0.3 is 0 Å². The molecule has 0 saturated carbocycles. The minimum absolute atomic E-state index is 0.243. The summed E-state index contributed by atoms with van der Waals surface area (Å²) in [5.74, 6) is 1.14. The molecule has 0 bridgehead atoms. The van der Waals surface area contributed by atoms with Gasteiger partial charge in [0.2, 0.25) is 0 Å². The molecule has 0 atom stereocenters. The third-order valence-electron chi connectivity index (χ3n) is 5.14. The molecule has 2 heterocycles. The van der Waals surface area contributed by atoms with Gasteiger partial charge in [-0.25, -0.2) is 13.4 Å². The van der Waals surface area contributed by atoms with Gasteiger partial charge < -0.3 is 4.98 Å². The molecule has 0 saturated heterocycles. The van der Waals surface area contributed by atoms with Crippen molar-refractivity contribution in [3.05, 3.63) is 78.2 Å². The number of aromatic nitrogens is 3. The zero-order chi connectivity index (χ0) is 22.2. The summed E-state index contributed by atoms with van der Waals surface area (Å²) in [6, 6.07) is 21.0. The molecule has 6 heteroatoms. The SMILES string of the molecule is Cc1cccc(-c2[nH]c(C(C)C)nc2-c2cccc(-c3cccc(S(C)(=O)=O)c3)c2)n1. The summed E-state index contributed by atoms with van der Waals surface area (Å²) >= 11 is 0. The fourth-order valence-electron chi connectivity index (χ4n) is 3.49. The van der Waals surface area contributed by atoms with Gasteiger partial charge in [0.15, 0.2) is 9.84 Å². The van der Waals surface area contributed by atoms with E-state index in [1.54, 1.807) is 18.2 Å². The Kier molecular flexibility index (Phi) is 5.50. The summed E-state index contributed by atoms with van der Waals surface area (Å²) < 4.78 is 24.0. The van der Waals surface area contributed by atoms with E-state index in [1.807, 2.05) is 55.5 Å². The molecular weight excluding hydrogens is 406 g/mol. The van der Waals surface area contributed by atoms with E-state index in [-0.39, 0.29) is 5.92 Å². The van der Waals surface area contributed by atoms with Crippen LogP contribution in [-0.2, 0) is 9.84 Å². The lowest BCUT2D eigenvalue weighted by atomic mass is 10.0. The first kappa shape index (κ1) is 21.0. The van der Waals surface area contributed by atoms with Gasteiger partial charge in [-0.05, 0) is 48.4 Å². The van der Waals surface area contributed by atoms with E-state index >= 15 is 0 Å². The maximum Gasteiger partial charge on any atom is 0.175 e. The van der Waals surface area contributed by atoms with Gasteiger partial charge in [-0.3, -0.25) is 4.98 Å². The molecule has 4 aromatic rings. The lowest BCUT2D eigenvalue weighted by Gasteiger charge is -2.08. The van der Waals surface area contributed by atoms with Crippen LogP contribution in [0.5, 0.6) is 0 Å². The van der Waals surface area contributed by atoms with E-state index in [0.717, 1.165) is 45.3 Å². The molecule has 1 N–H and O–H groups in total. The van der Waals surface area contributed by atoms with E-state index in [4.69, 9.17) is 4.98 Å². The number of pyridine rings is 1. The molecule has 158 valence electrons. The molecule has 31 heavy (non-hydrogen) atoms. The zero-order valence-corrected chi connectivity index (χ0v) is 18.9. The van der Waals surface area contributed by atoms with Crippen LogP contribution >= 0.6 is 0 Å². The monoisotopic (exact) mass is 431 g/mol. The average molecular weight is 432 g/mol. The van der Waals surface area contributed by atoms with Crippen molar-refractivity contribution in [2.75, 3.05) is 6.26 Å². The Labute approximate surface area is 183 Å². The Morgan fingerprint density at radius 1 is 0.839 bits per heavy atom. The van der Waals surface area contributed by atoms with Crippen molar-refractivity contribution in [1.29, 1.82) is 0 Å². The Morgan fingerprint density at radius 2 is 1.48 bits per heavy atom. The Balaban J connectivity index is 1.85. The number of nitrogens with zero attached hydrogens (tertiary/aromatic N) is 2. The number of H-pyrrole nitrogens is 1. The Bertz CT molecular complexity index is 1350. The molecule has 0 aliphatic heterocycles. The second-order valence-corrected chi connectivity index (χ2v) is 10.1. The number of imidazole rings is 1. The van der Waals surface area contributed by atoms with Crippen LogP contribution in [0.2, 0.25) is 0 Å². The zero-order valence-electron chi connectivity index (χ0n) is 18.0. The fraction of sp³-hybridized carbons (Fsp3) is 0.200. The predicted octanol–water partition coefficient (Wildman–Crippen LogP) is 5.64. The maximum absolute atomic E-state index is 12.0. The highest BCUT2D eigenvalue weighted by Crippen LogP contribution is 2.33. The minimum atomic E-state index is -3.27. The lowest BCUT2D eigenvalue weighted by molar-refractivity contribution is 0.602. The van der Waals surface area contributed by atoms with E-state index in [9.17, 15) is 8.42 Å². The highest BCUT2D eigenvalue weighted by Gasteiger charge is 2.17. The molecule has 5 nitrogen and oxygen atoms in total. The summed E-state index contributed by atoms with van der Waals surface area (Å²) in [7, 11) is -3.27. The second-order valence-electron chi connectivity index (χ2n) is 8.05. The van der Waals surface area contributed by atoms with Crippen LogP contribution < -0.4 is 0 Å². The van der Waals surface area contributed by atoms with E-state index < -0.39 is 9.84 Å². The molecule has 0 amide bonds. The summed E-state index contributed by atoms with van der Waals surface area (Å²) in [5.41, 5.74) is 6.23.